The second-order valence-electron chi connectivity index (χ2n) is 4.20. The molecule has 1 unspecified atom stereocenters. The van der Waals surface area contributed by atoms with Gasteiger partial charge in [0.1, 0.15) is 11.6 Å². The van der Waals surface area contributed by atoms with Gasteiger partial charge in [-0.3, -0.25) is 0 Å². The van der Waals surface area contributed by atoms with Crippen molar-refractivity contribution in [2.24, 2.45) is 21.9 Å². The van der Waals surface area contributed by atoms with Crippen LogP contribution in [0.25, 0.3) is 0 Å². The van der Waals surface area contributed by atoms with Crippen LogP contribution in [-0.2, 0) is 0 Å². The van der Waals surface area contributed by atoms with E-state index in [1.54, 1.807) is 7.11 Å². The Balaban J connectivity index is 2.53. The number of hydrogen-bond donors (Lipinski definition) is 1. The summed E-state index contributed by atoms with van der Waals surface area (Å²) < 4.78 is 5.35. The maximum absolute atomic E-state index is 6.26. The van der Waals surface area contributed by atoms with E-state index >= 15 is 0 Å². The number of nitrogens with zero attached hydrogens (tertiary/aromatic N) is 2. The smallest absolute Gasteiger partial charge is 0.129 e. The molecule has 2 N–H and O–H groups in total. The highest BCUT2D eigenvalue weighted by Gasteiger charge is 2.25. The number of methoxy groups -OCH3 is 1. The molecule has 4 nitrogen and oxygen atoms in total. The molecule has 0 amide bonds. The van der Waals surface area contributed by atoms with Crippen LogP contribution in [0, 0.1) is 5.92 Å². The average Bonchev–Trinajstić information content (AvgIpc) is 2.38. The Morgan fingerprint density at radius 3 is 2.89 bits per heavy atom. The van der Waals surface area contributed by atoms with E-state index in [9.17, 15) is 0 Å². The second-order valence-corrected chi connectivity index (χ2v) is 4.61. The minimum Gasteiger partial charge on any atom is -0.496 e. The molecule has 0 bridgehead atoms. The number of nitrogens with two attached hydrogens (primary N) is 1. The lowest BCUT2D eigenvalue weighted by Crippen LogP contribution is -2.27. The Morgan fingerprint density at radius 2 is 2.22 bits per heavy atom. The predicted molar refractivity (Wildman–Crippen MR) is 74.6 cm³/mol. The van der Waals surface area contributed by atoms with Gasteiger partial charge < -0.3 is 10.5 Å². The molecule has 18 heavy (non-hydrogen) atoms. The van der Waals surface area contributed by atoms with Crippen molar-refractivity contribution >= 4 is 23.1 Å². The van der Waals surface area contributed by atoms with E-state index in [1.807, 2.05) is 18.2 Å². The van der Waals surface area contributed by atoms with Crippen molar-refractivity contribution in [1.29, 1.82) is 0 Å². The molecule has 1 atom stereocenters. The van der Waals surface area contributed by atoms with E-state index in [4.69, 9.17) is 22.1 Å². The first-order valence-electron chi connectivity index (χ1n) is 5.90. The third-order valence-electron chi connectivity index (χ3n) is 3.07. The lowest BCUT2D eigenvalue weighted by Gasteiger charge is -2.22. The van der Waals surface area contributed by atoms with E-state index in [0.717, 1.165) is 23.4 Å². The highest BCUT2D eigenvalue weighted by molar-refractivity contribution is 6.35. The topological polar surface area (TPSA) is 60.0 Å². The molecule has 1 heterocycles. The van der Waals surface area contributed by atoms with E-state index in [1.165, 1.54) is 0 Å². The van der Waals surface area contributed by atoms with Crippen LogP contribution in [0.2, 0.25) is 5.02 Å². The molecule has 0 spiro atoms. The zero-order valence-electron chi connectivity index (χ0n) is 10.5. The summed E-state index contributed by atoms with van der Waals surface area (Å²) in [5, 5.41) is 8.82. The van der Waals surface area contributed by atoms with Gasteiger partial charge in [-0.05, 0) is 18.6 Å². The van der Waals surface area contributed by atoms with Gasteiger partial charge in [-0.2, -0.15) is 5.10 Å². The Morgan fingerprint density at radius 1 is 1.44 bits per heavy atom. The highest BCUT2D eigenvalue weighted by atomic mass is 35.5. The van der Waals surface area contributed by atoms with Crippen LogP contribution in [0.4, 0.5) is 0 Å². The van der Waals surface area contributed by atoms with Crippen LogP contribution in [0.5, 0.6) is 5.75 Å². The molecule has 1 aliphatic rings. The van der Waals surface area contributed by atoms with Gasteiger partial charge in [-0.25, -0.2) is 0 Å². The van der Waals surface area contributed by atoms with Crippen molar-refractivity contribution in [2.75, 3.05) is 7.11 Å². The maximum atomic E-state index is 6.26. The molecule has 1 aliphatic heterocycles. The van der Waals surface area contributed by atoms with Crippen LogP contribution < -0.4 is 10.5 Å². The minimum absolute atomic E-state index is 0.233. The molecule has 0 aromatic heterocycles. The third kappa shape index (κ3) is 2.34. The van der Waals surface area contributed by atoms with Crippen molar-refractivity contribution in [3.8, 4) is 5.75 Å². The zero-order valence-corrected chi connectivity index (χ0v) is 11.2. The summed E-state index contributed by atoms with van der Waals surface area (Å²) in [5.74, 6) is 1.52. The Bertz CT molecular complexity index is 511. The second kappa shape index (κ2) is 5.40. The lowest BCUT2D eigenvalue weighted by atomic mass is 9.90. The molecule has 0 saturated carbocycles. The van der Waals surface area contributed by atoms with Gasteiger partial charge in [0.05, 0.1) is 23.4 Å². The summed E-state index contributed by atoms with van der Waals surface area (Å²) in [4.78, 5) is 0. The Hall–Kier alpha value is -1.55. The fraction of sp³-hybridized carbons (Fsp3) is 0.385. The minimum atomic E-state index is 0.233. The standard InChI is InChI=1S/C13H16ClN3O/c1-3-8-7-11(15)16-17-13(8)12-9(14)5-4-6-10(12)18-2/h4-6,8H,3,7H2,1-2H3,(H2,15,16). The molecule has 0 radical (unpaired) electrons. The molecule has 5 heteroatoms. The number of halogens is 1. The normalized spacial score (nSPS) is 19.2. The highest BCUT2D eigenvalue weighted by Crippen LogP contribution is 2.32. The van der Waals surface area contributed by atoms with Crippen molar-refractivity contribution < 1.29 is 4.74 Å². The predicted octanol–water partition coefficient (Wildman–Crippen LogP) is 2.84. The van der Waals surface area contributed by atoms with Crippen LogP contribution in [0.1, 0.15) is 25.3 Å². The number of hydrogen-bond acceptors (Lipinski definition) is 4. The van der Waals surface area contributed by atoms with Crippen molar-refractivity contribution in [2.45, 2.75) is 19.8 Å². The van der Waals surface area contributed by atoms with E-state index in [-0.39, 0.29) is 5.92 Å². The molecule has 1 aromatic rings. The van der Waals surface area contributed by atoms with Gasteiger partial charge in [-0.1, -0.05) is 24.6 Å². The van der Waals surface area contributed by atoms with Gasteiger partial charge in [0.15, 0.2) is 0 Å². The monoisotopic (exact) mass is 265 g/mol. The maximum Gasteiger partial charge on any atom is 0.129 e. The van der Waals surface area contributed by atoms with E-state index in [2.05, 4.69) is 17.1 Å². The number of amidine groups is 1. The molecule has 2 rings (SSSR count). The van der Waals surface area contributed by atoms with Crippen molar-refractivity contribution in [3.63, 3.8) is 0 Å². The first-order chi connectivity index (χ1) is 8.67. The Labute approximate surface area is 111 Å². The molecule has 0 aliphatic carbocycles. The van der Waals surface area contributed by atoms with Gasteiger partial charge in [-0.15, -0.1) is 5.10 Å². The average molecular weight is 266 g/mol. The molecule has 1 aromatic carbocycles. The molecular weight excluding hydrogens is 250 g/mol. The zero-order chi connectivity index (χ0) is 13.1. The van der Waals surface area contributed by atoms with Crippen LogP contribution >= 0.6 is 11.6 Å². The number of ether oxygens (including phenoxy) is 1. The SMILES string of the molecule is CCC1CC(N)=NN=C1c1c(Cl)cccc1OC. The van der Waals surface area contributed by atoms with Crippen LogP contribution in [0.15, 0.2) is 28.4 Å². The van der Waals surface area contributed by atoms with Gasteiger partial charge >= 0.3 is 0 Å². The van der Waals surface area contributed by atoms with Gasteiger partial charge in [0.2, 0.25) is 0 Å². The molecular formula is C13H16ClN3O. The summed E-state index contributed by atoms with van der Waals surface area (Å²) in [5.41, 5.74) is 7.41. The molecule has 0 fully saturated rings. The molecule has 0 saturated heterocycles. The lowest BCUT2D eigenvalue weighted by molar-refractivity contribution is 0.413. The van der Waals surface area contributed by atoms with Crippen molar-refractivity contribution in [3.05, 3.63) is 28.8 Å². The number of rotatable bonds is 3. The third-order valence-corrected chi connectivity index (χ3v) is 3.39. The van der Waals surface area contributed by atoms with Gasteiger partial charge in [0.25, 0.3) is 0 Å². The van der Waals surface area contributed by atoms with Crippen LogP contribution in [0.3, 0.4) is 0 Å². The van der Waals surface area contributed by atoms with E-state index < -0.39 is 0 Å². The fourth-order valence-electron chi connectivity index (χ4n) is 2.10. The largest absolute Gasteiger partial charge is 0.496 e. The summed E-state index contributed by atoms with van der Waals surface area (Å²) in [6.45, 7) is 2.10. The van der Waals surface area contributed by atoms with Crippen LogP contribution in [-0.4, -0.2) is 18.7 Å². The summed E-state index contributed by atoms with van der Waals surface area (Å²) in [6, 6.07) is 5.56. The Kier molecular flexibility index (Phi) is 3.87. The van der Waals surface area contributed by atoms with E-state index in [0.29, 0.717) is 17.3 Å². The summed E-state index contributed by atoms with van der Waals surface area (Å²) in [6.07, 6.45) is 1.65. The summed E-state index contributed by atoms with van der Waals surface area (Å²) in [7, 11) is 1.62. The summed E-state index contributed by atoms with van der Waals surface area (Å²) >= 11 is 6.26. The fourth-order valence-corrected chi connectivity index (χ4v) is 2.37. The quantitative estimate of drug-likeness (QED) is 0.914. The van der Waals surface area contributed by atoms with Gasteiger partial charge in [0, 0.05) is 12.3 Å². The first kappa shape index (κ1) is 12.9. The first-order valence-corrected chi connectivity index (χ1v) is 6.28. The van der Waals surface area contributed by atoms with Crippen molar-refractivity contribution in [1.82, 2.24) is 0 Å². The number of benzene rings is 1. The molecule has 96 valence electrons.